The summed E-state index contributed by atoms with van der Waals surface area (Å²) in [5.41, 5.74) is 3.86. The monoisotopic (exact) mass is 286 g/mol. The van der Waals surface area contributed by atoms with Gasteiger partial charge in [0.25, 0.3) is 0 Å². The quantitative estimate of drug-likeness (QED) is 0.878. The summed E-state index contributed by atoms with van der Waals surface area (Å²) in [5, 5.41) is 3.71. The van der Waals surface area contributed by atoms with Gasteiger partial charge in [-0.25, -0.2) is 0 Å². The van der Waals surface area contributed by atoms with Gasteiger partial charge in [-0.1, -0.05) is 45.9 Å². The van der Waals surface area contributed by atoms with E-state index in [0.717, 1.165) is 19.0 Å². The van der Waals surface area contributed by atoms with E-state index in [9.17, 15) is 0 Å². The molecule has 2 nitrogen and oxygen atoms in total. The first-order valence-electron chi connectivity index (χ1n) is 8.48. The molecule has 2 fully saturated rings. The first-order valence-corrected chi connectivity index (χ1v) is 8.48. The third-order valence-electron chi connectivity index (χ3n) is 6.42. The number of nitrogens with one attached hydrogen (secondary N) is 1. The van der Waals surface area contributed by atoms with Gasteiger partial charge in [-0.3, -0.25) is 0 Å². The lowest BCUT2D eigenvalue weighted by Gasteiger charge is -2.21. The molecular formula is C19H30N2. The highest BCUT2D eigenvalue weighted by Crippen LogP contribution is 2.67. The molecule has 1 aliphatic heterocycles. The maximum atomic E-state index is 3.71. The largest absolute Gasteiger partial charge is 0.371 e. The molecule has 0 bridgehead atoms. The topological polar surface area (TPSA) is 15.3 Å². The van der Waals surface area contributed by atoms with E-state index in [1.807, 2.05) is 0 Å². The van der Waals surface area contributed by atoms with Gasteiger partial charge in [0.2, 0.25) is 0 Å². The van der Waals surface area contributed by atoms with Gasteiger partial charge in [0, 0.05) is 25.3 Å². The number of para-hydroxylation sites is 1. The minimum atomic E-state index is 0.481. The Hall–Kier alpha value is -1.02. The lowest BCUT2D eigenvalue weighted by molar-refractivity contribution is 0.457. The van der Waals surface area contributed by atoms with Gasteiger partial charge in [0.05, 0.1) is 0 Å². The molecule has 0 amide bonds. The molecule has 1 aromatic carbocycles. The van der Waals surface area contributed by atoms with E-state index >= 15 is 0 Å². The fourth-order valence-corrected chi connectivity index (χ4v) is 4.12. The Morgan fingerprint density at radius 2 is 1.67 bits per heavy atom. The van der Waals surface area contributed by atoms with Crippen LogP contribution in [0.15, 0.2) is 24.3 Å². The number of hydrogen-bond acceptors (Lipinski definition) is 2. The van der Waals surface area contributed by atoms with Gasteiger partial charge >= 0.3 is 0 Å². The predicted molar refractivity (Wildman–Crippen MR) is 90.6 cm³/mol. The zero-order valence-electron chi connectivity index (χ0n) is 14.1. The zero-order valence-corrected chi connectivity index (χ0v) is 14.1. The molecule has 0 radical (unpaired) electrons. The molecule has 1 aromatic rings. The summed E-state index contributed by atoms with van der Waals surface area (Å²) >= 11 is 0. The summed E-state index contributed by atoms with van der Waals surface area (Å²) in [6.45, 7) is 14.2. The van der Waals surface area contributed by atoms with E-state index in [1.54, 1.807) is 0 Å². The Morgan fingerprint density at radius 3 is 2.29 bits per heavy atom. The molecular weight excluding hydrogens is 256 g/mol. The van der Waals surface area contributed by atoms with E-state index in [1.165, 1.54) is 37.2 Å². The van der Waals surface area contributed by atoms with Crippen molar-refractivity contribution in [1.82, 2.24) is 5.32 Å². The van der Waals surface area contributed by atoms with Crippen LogP contribution in [0.3, 0.4) is 0 Å². The van der Waals surface area contributed by atoms with Crippen LogP contribution in [0.1, 0.15) is 46.1 Å². The van der Waals surface area contributed by atoms with E-state index in [4.69, 9.17) is 0 Å². The summed E-state index contributed by atoms with van der Waals surface area (Å²) in [6, 6.07) is 8.91. The third kappa shape index (κ3) is 2.59. The fraction of sp³-hybridized carbons (Fsp3) is 0.684. The Morgan fingerprint density at radius 1 is 1.05 bits per heavy atom. The summed E-state index contributed by atoms with van der Waals surface area (Å²) in [4.78, 5) is 2.54. The Labute approximate surface area is 129 Å². The second-order valence-corrected chi connectivity index (χ2v) is 7.95. The standard InChI is InChI=1S/C19H30N2/c1-18(2)17(19(18,3)4)14-20-13-15-9-5-6-10-16(15)21-11-7-8-12-21/h5-6,9-10,17,20H,7-8,11-14H2,1-4H3. The molecule has 0 atom stereocenters. The average Bonchev–Trinajstić information content (AvgIpc) is 2.85. The molecule has 1 saturated heterocycles. The number of rotatable bonds is 5. The van der Waals surface area contributed by atoms with Crippen LogP contribution in [0, 0.1) is 16.7 Å². The highest BCUT2D eigenvalue weighted by molar-refractivity contribution is 5.54. The van der Waals surface area contributed by atoms with Crippen LogP contribution < -0.4 is 10.2 Å². The molecule has 116 valence electrons. The predicted octanol–water partition coefficient (Wildman–Crippen LogP) is 4.06. The average molecular weight is 286 g/mol. The second kappa shape index (κ2) is 5.31. The van der Waals surface area contributed by atoms with Crippen LogP contribution in [0.2, 0.25) is 0 Å². The molecule has 1 heterocycles. The Bertz CT molecular complexity index is 484. The smallest absolute Gasteiger partial charge is 0.0411 e. The van der Waals surface area contributed by atoms with Crippen molar-refractivity contribution in [3.05, 3.63) is 29.8 Å². The molecule has 3 rings (SSSR count). The highest BCUT2D eigenvalue weighted by Gasteiger charge is 2.63. The Balaban J connectivity index is 1.59. The van der Waals surface area contributed by atoms with Gasteiger partial charge in [-0.05, 0) is 47.8 Å². The van der Waals surface area contributed by atoms with Crippen molar-refractivity contribution < 1.29 is 0 Å². The first kappa shape index (κ1) is 14.9. The number of benzene rings is 1. The third-order valence-corrected chi connectivity index (χ3v) is 6.42. The van der Waals surface area contributed by atoms with Gasteiger partial charge in [-0.2, -0.15) is 0 Å². The lowest BCUT2D eigenvalue weighted by atomic mass is 10.0. The van der Waals surface area contributed by atoms with E-state index in [-0.39, 0.29) is 0 Å². The van der Waals surface area contributed by atoms with Crippen LogP contribution >= 0.6 is 0 Å². The minimum absolute atomic E-state index is 0.481. The molecule has 0 spiro atoms. The molecule has 2 aliphatic rings. The maximum Gasteiger partial charge on any atom is 0.0411 e. The van der Waals surface area contributed by atoms with Crippen LogP contribution in [0.5, 0.6) is 0 Å². The molecule has 2 heteroatoms. The summed E-state index contributed by atoms with van der Waals surface area (Å²) < 4.78 is 0. The van der Waals surface area contributed by atoms with Gasteiger partial charge in [0.1, 0.15) is 0 Å². The Kier molecular flexibility index (Phi) is 3.77. The molecule has 0 unspecified atom stereocenters. The van der Waals surface area contributed by atoms with E-state index in [0.29, 0.717) is 10.8 Å². The molecule has 0 aromatic heterocycles. The SMILES string of the molecule is CC1(C)C(CNCc2ccccc2N2CCCC2)C1(C)C. The fourth-order valence-electron chi connectivity index (χ4n) is 4.12. The van der Waals surface area contributed by atoms with Gasteiger partial charge in [0.15, 0.2) is 0 Å². The van der Waals surface area contributed by atoms with Crippen LogP contribution in [0.25, 0.3) is 0 Å². The summed E-state index contributed by atoms with van der Waals surface area (Å²) in [5.74, 6) is 0.795. The molecule has 21 heavy (non-hydrogen) atoms. The van der Waals surface area contributed by atoms with Crippen molar-refractivity contribution in [2.75, 3.05) is 24.5 Å². The van der Waals surface area contributed by atoms with Crippen molar-refractivity contribution in [2.45, 2.75) is 47.1 Å². The van der Waals surface area contributed by atoms with Crippen molar-refractivity contribution in [3.8, 4) is 0 Å². The van der Waals surface area contributed by atoms with Crippen molar-refractivity contribution in [3.63, 3.8) is 0 Å². The van der Waals surface area contributed by atoms with E-state index < -0.39 is 0 Å². The first-order chi connectivity index (χ1) is 9.94. The zero-order chi connectivity index (χ0) is 15.1. The van der Waals surface area contributed by atoms with Crippen LogP contribution in [-0.4, -0.2) is 19.6 Å². The number of anilines is 1. The maximum absolute atomic E-state index is 3.71. The highest BCUT2D eigenvalue weighted by atomic mass is 15.1. The van der Waals surface area contributed by atoms with Crippen molar-refractivity contribution in [2.24, 2.45) is 16.7 Å². The molecule has 1 aliphatic carbocycles. The molecule has 1 saturated carbocycles. The van der Waals surface area contributed by atoms with Crippen LogP contribution in [0.4, 0.5) is 5.69 Å². The van der Waals surface area contributed by atoms with Crippen LogP contribution in [-0.2, 0) is 6.54 Å². The summed E-state index contributed by atoms with van der Waals surface area (Å²) in [7, 11) is 0. The minimum Gasteiger partial charge on any atom is -0.371 e. The van der Waals surface area contributed by atoms with E-state index in [2.05, 4.69) is 62.2 Å². The number of hydrogen-bond donors (Lipinski definition) is 1. The second-order valence-electron chi connectivity index (χ2n) is 7.95. The normalized spacial score (nSPS) is 23.5. The number of nitrogens with zero attached hydrogens (tertiary/aromatic N) is 1. The van der Waals surface area contributed by atoms with Crippen molar-refractivity contribution in [1.29, 1.82) is 0 Å². The lowest BCUT2D eigenvalue weighted by Crippen LogP contribution is -2.23. The molecule has 1 N–H and O–H groups in total. The van der Waals surface area contributed by atoms with Crippen molar-refractivity contribution >= 4 is 5.69 Å². The van der Waals surface area contributed by atoms with Gasteiger partial charge < -0.3 is 10.2 Å². The van der Waals surface area contributed by atoms with Gasteiger partial charge in [-0.15, -0.1) is 0 Å². The summed E-state index contributed by atoms with van der Waals surface area (Å²) in [6.07, 6.45) is 2.68.